The Morgan fingerprint density at radius 1 is 1.41 bits per heavy atom. The van der Waals surface area contributed by atoms with Gasteiger partial charge in [-0.25, -0.2) is 4.98 Å². The molecule has 1 aromatic rings. The molecule has 17 heavy (non-hydrogen) atoms. The summed E-state index contributed by atoms with van der Waals surface area (Å²) in [7, 11) is 2.20. The van der Waals surface area contributed by atoms with Crippen LogP contribution in [0.3, 0.4) is 0 Å². The molecule has 0 aliphatic carbocycles. The van der Waals surface area contributed by atoms with Gasteiger partial charge in [-0.2, -0.15) is 0 Å². The van der Waals surface area contributed by atoms with Gasteiger partial charge < -0.3 is 9.80 Å². The monoisotopic (exact) mass is 297 g/mol. The van der Waals surface area contributed by atoms with Crippen LogP contribution >= 0.6 is 15.9 Å². The second-order valence-corrected chi connectivity index (χ2v) is 5.38. The van der Waals surface area contributed by atoms with E-state index in [9.17, 15) is 0 Å². The van der Waals surface area contributed by atoms with Gasteiger partial charge in [-0.1, -0.05) is 22.0 Å². The summed E-state index contributed by atoms with van der Waals surface area (Å²) in [5, 5.41) is 0.874. The predicted octanol–water partition coefficient (Wildman–Crippen LogP) is 2.51. The SMILES string of the molecule is CC1CN(C)CCCN1c1ccc(CBr)cn1. The summed E-state index contributed by atoms with van der Waals surface area (Å²) in [6.07, 6.45) is 3.17. The standard InChI is InChI=1S/C13H20BrN3/c1-11-10-16(2)6-3-7-17(11)13-5-4-12(8-14)9-15-13/h4-5,9,11H,3,6-8,10H2,1-2H3. The summed E-state index contributed by atoms with van der Waals surface area (Å²) in [4.78, 5) is 9.39. The van der Waals surface area contributed by atoms with Gasteiger partial charge in [0, 0.05) is 30.7 Å². The molecule has 0 amide bonds. The van der Waals surface area contributed by atoms with E-state index in [0.717, 1.165) is 24.2 Å². The number of likely N-dealkylation sites (N-methyl/N-ethyl adjacent to an activating group) is 1. The van der Waals surface area contributed by atoms with E-state index in [1.165, 1.54) is 18.5 Å². The maximum absolute atomic E-state index is 4.57. The molecular weight excluding hydrogens is 278 g/mol. The number of alkyl halides is 1. The molecule has 1 saturated heterocycles. The minimum atomic E-state index is 0.532. The third kappa shape index (κ3) is 3.19. The van der Waals surface area contributed by atoms with Crippen LogP contribution in [0.25, 0.3) is 0 Å². The smallest absolute Gasteiger partial charge is 0.128 e. The number of halogens is 1. The number of pyridine rings is 1. The topological polar surface area (TPSA) is 19.4 Å². The second kappa shape index (κ2) is 5.83. The first-order valence-electron chi connectivity index (χ1n) is 6.17. The van der Waals surface area contributed by atoms with Crippen molar-refractivity contribution in [1.29, 1.82) is 0 Å². The first-order chi connectivity index (χ1) is 8.20. The summed E-state index contributed by atoms with van der Waals surface area (Å²) in [5.74, 6) is 1.11. The summed E-state index contributed by atoms with van der Waals surface area (Å²) in [6, 6.07) is 4.82. The fourth-order valence-corrected chi connectivity index (χ4v) is 2.71. The number of aromatic nitrogens is 1. The normalized spacial score (nSPS) is 22.5. The number of rotatable bonds is 2. The summed E-state index contributed by atoms with van der Waals surface area (Å²) in [6.45, 7) is 5.68. The van der Waals surface area contributed by atoms with Gasteiger partial charge in [-0.3, -0.25) is 0 Å². The molecule has 4 heteroatoms. The molecule has 1 unspecified atom stereocenters. The molecule has 0 N–H and O–H groups in total. The lowest BCUT2D eigenvalue weighted by Crippen LogP contribution is -2.38. The van der Waals surface area contributed by atoms with Crippen LogP contribution in [0.5, 0.6) is 0 Å². The van der Waals surface area contributed by atoms with Gasteiger partial charge >= 0.3 is 0 Å². The largest absolute Gasteiger partial charge is 0.353 e. The molecule has 0 saturated carbocycles. The Labute approximate surface area is 112 Å². The lowest BCUT2D eigenvalue weighted by Gasteiger charge is -2.29. The van der Waals surface area contributed by atoms with Crippen LogP contribution in [0.4, 0.5) is 5.82 Å². The van der Waals surface area contributed by atoms with E-state index >= 15 is 0 Å². The van der Waals surface area contributed by atoms with Crippen LogP contribution in [-0.4, -0.2) is 42.6 Å². The molecule has 1 fully saturated rings. The Kier molecular flexibility index (Phi) is 4.40. The zero-order chi connectivity index (χ0) is 12.3. The van der Waals surface area contributed by atoms with Crippen molar-refractivity contribution in [2.24, 2.45) is 0 Å². The van der Waals surface area contributed by atoms with Crippen molar-refractivity contribution >= 4 is 21.7 Å². The molecule has 0 spiro atoms. The molecule has 0 bridgehead atoms. The van der Waals surface area contributed by atoms with Crippen LogP contribution in [0.2, 0.25) is 0 Å². The van der Waals surface area contributed by atoms with Gasteiger partial charge in [0.1, 0.15) is 5.82 Å². The molecule has 0 aromatic carbocycles. The highest BCUT2D eigenvalue weighted by Crippen LogP contribution is 2.18. The molecule has 1 aliphatic heterocycles. The van der Waals surface area contributed by atoms with Gasteiger partial charge in [-0.05, 0) is 38.6 Å². The number of hydrogen-bond donors (Lipinski definition) is 0. The summed E-state index contributed by atoms with van der Waals surface area (Å²) in [5.41, 5.74) is 1.23. The van der Waals surface area contributed by atoms with Crippen molar-refractivity contribution in [3.63, 3.8) is 0 Å². The van der Waals surface area contributed by atoms with Crippen LogP contribution in [0, 0.1) is 0 Å². The van der Waals surface area contributed by atoms with E-state index in [-0.39, 0.29) is 0 Å². The van der Waals surface area contributed by atoms with Crippen LogP contribution in [-0.2, 0) is 5.33 Å². The van der Waals surface area contributed by atoms with Crippen molar-refractivity contribution < 1.29 is 0 Å². The van der Waals surface area contributed by atoms with Crippen LogP contribution < -0.4 is 4.90 Å². The highest BCUT2D eigenvalue weighted by Gasteiger charge is 2.20. The van der Waals surface area contributed by atoms with Crippen molar-refractivity contribution in [2.45, 2.75) is 24.7 Å². The number of hydrogen-bond acceptors (Lipinski definition) is 3. The highest BCUT2D eigenvalue weighted by molar-refractivity contribution is 9.08. The second-order valence-electron chi connectivity index (χ2n) is 4.82. The lowest BCUT2D eigenvalue weighted by atomic mass is 10.2. The van der Waals surface area contributed by atoms with E-state index in [1.807, 2.05) is 6.20 Å². The van der Waals surface area contributed by atoms with Crippen molar-refractivity contribution in [2.75, 3.05) is 31.6 Å². The molecule has 1 atom stereocenters. The summed E-state index contributed by atoms with van der Waals surface area (Å²) < 4.78 is 0. The molecule has 2 heterocycles. The van der Waals surface area contributed by atoms with Gasteiger partial charge in [0.15, 0.2) is 0 Å². The molecule has 1 aromatic heterocycles. The zero-order valence-corrected chi connectivity index (χ0v) is 12.2. The molecule has 0 radical (unpaired) electrons. The van der Waals surface area contributed by atoms with E-state index in [1.54, 1.807) is 0 Å². The fraction of sp³-hybridized carbons (Fsp3) is 0.615. The van der Waals surface area contributed by atoms with Crippen LogP contribution in [0.1, 0.15) is 18.9 Å². The summed E-state index contributed by atoms with van der Waals surface area (Å²) >= 11 is 3.45. The minimum Gasteiger partial charge on any atom is -0.353 e. The first kappa shape index (κ1) is 12.8. The maximum atomic E-state index is 4.57. The van der Waals surface area contributed by atoms with Crippen LogP contribution in [0.15, 0.2) is 18.3 Å². The average molecular weight is 298 g/mol. The average Bonchev–Trinajstić information content (AvgIpc) is 2.50. The van der Waals surface area contributed by atoms with Crippen molar-refractivity contribution in [1.82, 2.24) is 9.88 Å². The minimum absolute atomic E-state index is 0.532. The third-order valence-electron chi connectivity index (χ3n) is 3.30. The molecule has 94 valence electrons. The molecule has 2 rings (SSSR count). The van der Waals surface area contributed by atoms with Crippen molar-refractivity contribution in [3.05, 3.63) is 23.9 Å². The molecule has 3 nitrogen and oxygen atoms in total. The van der Waals surface area contributed by atoms with E-state index < -0.39 is 0 Å². The van der Waals surface area contributed by atoms with Crippen molar-refractivity contribution in [3.8, 4) is 0 Å². The Morgan fingerprint density at radius 3 is 2.88 bits per heavy atom. The predicted molar refractivity (Wildman–Crippen MR) is 75.8 cm³/mol. The van der Waals surface area contributed by atoms with Gasteiger partial charge in [0.25, 0.3) is 0 Å². The number of nitrogens with zero attached hydrogens (tertiary/aromatic N) is 3. The Bertz CT molecular complexity index is 352. The van der Waals surface area contributed by atoms with Gasteiger partial charge in [0.05, 0.1) is 0 Å². The first-order valence-corrected chi connectivity index (χ1v) is 7.29. The zero-order valence-electron chi connectivity index (χ0n) is 10.6. The maximum Gasteiger partial charge on any atom is 0.128 e. The highest BCUT2D eigenvalue weighted by atomic mass is 79.9. The number of anilines is 1. The molecule has 1 aliphatic rings. The Hall–Kier alpha value is -0.610. The van der Waals surface area contributed by atoms with Gasteiger partial charge in [-0.15, -0.1) is 0 Å². The third-order valence-corrected chi connectivity index (χ3v) is 3.95. The van der Waals surface area contributed by atoms with Gasteiger partial charge in [0.2, 0.25) is 0 Å². The van der Waals surface area contributed by atoms with E-state index in [0.29, 0.717) is 6.04 Å². The molecular formula is C13H20BrN3. The fourth-order valence-electron chi connectivity index (χ4n) is 2.38. The lowest BCUT2D eigenvalue weighted by molar-refractivity contribution is 0.337. The quantitative estimate of drug-likeness (QED) is 0.782. The van der Waals surface area contributed by atoms with E-state index in [4.69, 9.17) is 0 Å². The van der Waals surface area contributed by atoms with E-state index in [2.05, 4.69) is 56.8 Å². The Balaban J connectivity index is 2.13. The Morgan fingerprint density at radius 2 is 2.24 bits per heavy atom.